The molecule has 0 radical (unpaired) electrons. The number of rotatable bonds is 0. The van der Waals surface area contributed by atoms with E-state index in [2.05, 4.69) is 35.3 Å². The first-order chi connectivity index (χ1) is 6.86. The Kier molecular flexibility index (Phi) is 1.69. The van der Waals surface area contributed by atoms with Gasteiger partial charge in [0.15, 0.2) is 0 Å². The van der Waals surface area contributed by atoms with Crippen LogP contribution >= 0.6 is 0 Å². The Morgan fingerprint density at radius 2 is 2.29 bits per heavy atom. The molecule has 1 atom stereocenters. The summed E-state index contributed by atoms with van der Waals surface area (Å²) in [6.45, 7) is 5.82. The molecule has 2 heterocycles. The molecule has 2 heteroatoms. The zero-order chi connectivity index (χ0) is 9.54. The van der Waals surface area contributed by atoms with Crippen LogP contribution in [0.25, 0.3) is 0 Å². The van der Waals surface area contributed by atoms with Gasteiger partial charge in [-0.1, -0.05) is 19.1 Å². The molecule has 0 saturated heterocycles. The molecule has 2 aliphatic heterocycles. The molecular formula is C12H16N2. The minimum absolute atomic E-state index is 0.723. The normalized spacial score (nSPS) is 24.1. The lowest BCUT2D eigenvalue weighted by molar-refractivity contribution is 0.609. The molecule has 1 aromatic carbocycles. The average Bonchev–Trinajstić information content (AvgIpc) is 2.24. The number of hydrogen-bond donors (Lipinski definition) is 1. The van der Waals surface area contributed by atoms with E-state index in [1.807, 2.05) is 0 Å². The Hall–Kier alpha value is -1.18. The second-order valence-electron chi connectivity index (χ2n) is 4.35. The first-order valence-electron chi connectivity index (χ1n) is 5.48. The molecule has 1 unspecified atom stereocenters. The van der Waals surface area contributed by atoms with E-state index in [0.29, 0.717) is 0 Å². The summed E-state index contributed by atoms with van der Waals surface area (Å²) in [5.74, 6) is 0.723. The van der Waals surface area contributed by atoms with Crippen molar-refractivity contribution in [2.45, 2.75) is 19.3 Å². The third-order valence-electron chi connectivity index (χ3n) is 3.44. The Labute approximate surface area is 84.9 Å². The third-order valence-corrected chi connectivity index (χ3v) is 3.44. The summed E-state index contributed by atoms with van der Waals surface area (Å²) in [6.07, 6.45) is 1.30. The van der Waals surface area contributed by atoms with E-state index in [1.165, 1.54) is 29.9 Å². The van der Waals surface area contributed by atoms with Crippen molar-refractivity contribution >= 4 is 11.4 Å². The smallest absolute Gasteiger partial charge is 0.0637 e. The van der Waals surface area contributed by atoms with Gasteiger partial charge in [0.05, 0.1) is 11.4 Å². The van der Waals surface area contributed by atoms with Crippen LogP contribution in [0.1, 0.15) is 24.8 Å². The van der Waals surface area contributed by atoms with Crippen molar-refractivity contribution in [1.29, 1.82) is 0 Å². The standard InChI is InChI=1S/C12H16N2/c1-9-5-7-14-8-6-13-11-4-2-3-10(9)12(11)14/h2-4,9,13H,5-8H2,1H3. The van der Waals surface area contributed by atoms with Gasteiger partial charge in [-0.05, 0) is 24.0 Å². The fourth-order valence-corrected chi connectivity index (χ4v) is 2.62. The molecule has 0 aliphatic carbocycles. The van der Waals surface area contributed by atoms with Crippen molar-refractivity contribution in [1.82, 2.24) is 0 Å². The van der Waals surface area contributed by atoms with E-state index in [1.54, 1.807) is 0 Å². The lowest BCUT2D eigenvalue weighted by atomic mass is 9.90. The van der Waals surface area contributed by atoms with Crippen molar-refractivity contribution in [2.75, 3.05) is 29.9 Å². The van der Waals surface area contributed by atoms with E-state index in [0.717, 1.165) is 19.0 Å². The summed E-state index contributed by atoms with van der Waals surface area (Å²) in [6, 6.07) is 6.65. The minimum atomic E-state index is 0.723. The van der Waals surface area contributed by atoms with E-state index < -0.39 is 0 Å². The molecule has 0 amide bonds. The van der Waals surface area contributed by atoms with Crippen LogP contribution in [0.4, 0.5) is 11.4 Å². The molecule has 2 aliphatic rings. The summed E-state index contributed by atoms with van der Waals surface area (Å²) >= 11 is 0. The maximum absolute atomic E-state index is 3.48. The monoisotopic (exact) mass is 188 g/mol. The van der Waals surface area contributed by atoms with Crippen LogP contribution in [0.15, 0.2) is 18.2 Å². The predicted octanol–water partition coefficient (Wildman–Crippen LogP) is 2.43. The van der Waals surface area contributed by atoms with Gasteiger partial charge in [0.25, 0.3) is 0 Å². The summed E-state index contributed by atoms with van der Waals surface area (Å²) in [4.78, 5) is 2.53. The maximum Gasteiger partial charge on any atom is 0.0637 e. The first-order valence-corrected chi connectivity index (χ1v) is 5.48. The molecule has 2 nitrogen and oxygen atoms in total. The Morgan fingerprint density at radius 1 is 1.36 bits per heavy atom. The number of para-hydroxylation sites is 1. The van der Waals surface area contributed by atoms with Crippen LogP contribution in [0.3, 0.4) is 0 Å². The van der Waals surface area contributed by atoms with Crippen molar-refractivity contribution in [3.05, 3.63) is 23.8 Å². The topological polar surface area (TPSA) is 15.3 Å². The van der Waals surface area contributed by atoms with Crippen molar-refractivity contribution in [3.8, 4) is 0 Å². The van der Waals surface area contributed by atoms with Crippen LogP contribution < -0.4 is 10.2 Å². The molecule has 0 saturated carbocycles. The van der Waals surface area contributed by atoms with Crippen LogP contribution in [-0.2, 0) is 0 Å². The highest BCUT2D eigenvalue weighted by atomic mass is 15.2. The molecule has 3 rings (SSSR count). The zero-order valence-corrected chi connectivity index (χ0v) is 8.59. The zero-order valence-electron chi connectivity index (χ0n) is 8.59. The van der Waals surface area contributed by atoms with E-state index in [9.17, 15) is 0 Å². The molecule has 0 fully saturated rings. The molecule has 0 bridgehead atoms. The van der Waals surface area contributed by atoms with Crippen molar-refractivity contribution in [3.63, 3.8) is 0 Å². The van der Waals surface area contributed by atoms with E-state index in [4.69, 9.17) is 0 Å². The number of benzene rings is 1. The van der Waals surface area contributed by atoms with Gasteiger partial charge in [-0.15, -0.1) is 0 Å². The Bertz CT molecular complexity index is 359. The van der Waals surface area contributed by atoms with Gasteiger partial charge in [0.1, 0.15) is 0 Å². The van der Waals surface area contributed by atoms with Gasteiger partial charge in [0.2, 0.25) is 0 Å². The fraction of sp³-hybridized carbons (Fsp3) is 0.500. The van der Waals surface area contributed by atoms with Gasteiger partial charge in [-0.2, -0.15) is 0 Å². The van der Waals surface area contributed by atoms with Gasteiger partial charge < -0.3 is 10.2 Å². The Balaban J connectivity index is 2.19. The third kappa shape index (κ3) is 1.03. The largest absolute Gasteiger partial charge is 0.382 e. The number of hydrogen-bond acceptors (Lipinski definition) is 2. The second-order valence-corrected chi connectivity index (χ2v) is 4.35. The highest BCUT2D eigenvalue weighted by Gasteiger charge is 2.26. The molecule has 1 aromatic rings. The molecule has 1 N–H and O–H groups in total. The summed E-state index contributed by atoms with van der Waals surface area (Å²) in [5.41, 5.74) is 4.33. The van der Waals surface area contributed by atoms with E-state index >= 15 is 0 Å². The maximum atomic E-state index is 3.48. The number of anilines is 2. The van der Waals surface area contributed by atoms with Crippen LogP contribution in [0, 0.1) is 0 Å². The summed E-state index contributed by atoms with van der Waals surface area (Å²) < 4.78 is 0. The molecule has 14 heavy (non-hydrogen) atoms. The number of nitrogens with one attached hydrogen (secondary N) is 1. The lowest BCUT2D eigenvalue weighted by Gasteiger charge is -2.39. The van der Waals surface area contributed by atoms with Crippen LogP contribution in [0.2, 0.25) is 0 Å². The van der Waals surface area contributed by atoms with Crippen molar-refractivity contribution in [2.24, 2.45) is 0 Å². The Morgan fingerprint density at radius 3 is 3.21 bits per heavy atom. The van der Waals surface area contributed by atoms with Crippen LogP contribution in [0.5, 0.6) is 0 Å². The van der Waals surface area contributed by atoms with Crippen LogP contribution in [-0.4, -0.2) is 19.6 Å². The quantitative estimate of drug-likeness (QED) is 0.672. The minimum Gasteiger partial charge on any atom is -0.382 e. The highest BCUT2D eigenvalue weighted by Crippen LogP contribution is 2.41. The lowest BCUT2D eigenvalue weighted by Crippen LogP contribution is -2.38. The van der Waals surface area contributed by atoms with Gasteiger partial charge in [-0.3, -0.25) is 0 Å². The summed E-state index contributed by atoms with van der Waals surface area (Å²) in [7, 11) is 0. The van der Waals surface area contributed by atoms with E-state index in [-0.39, 0.29) is 0 Å². The molecule has 0 spiro atoms. The highest BCUT2D eigenvalue weighted by molar-refractivity contribution is 5.77. The van der Waals surface area contributed by atoms with Crippen molar-refractivity contribution < 1.29 is 0 Å². The second kappa shape index (κ2) is 2.91. The SMILES string of the molecule is CC1CCN2CCNc3cccc1c32. The summed E-state index contributed by atoms with van der Waals surface area (Å²) in [5, 5.41) is 3.48. The number of nitrogens with zero attached hydrogens (tertiary/aromatic N) is 1. The van der Waals surface area contributed by atoms with Gasteiger partial charge in [-0.25, -0.2) is 0 Å². The van der Waals surface area contributed by atoms with Gasteiger partial charge in [0, 0.05) is 19.6 Å². The first kappa shape index (κ1) is 8.16. The molecule has 0 aromatic heterocycles. The molecular weight excluding hydrogens is 172 g/mol. The predicted molar refractivity (Wildman–Crippen MR) is 60.2 cm³/mol. The molecule has 74 valence electrons. The average molecular weight is 188 g/mol. The van der Waals surface area contributed by atoms with Gasteiger partial charge >= 0.3 is 0 Å². The fourth-order valence-electron chi connectivity index (χ4n) is 2.62.